The second-order valence-electron chi connectivity index (χ2n) is 3.58. The standard InChI is InChI=1S/C11H23P/c1-4-5-6-7-8-9-10-11-12(2)3/h4-5H,6-11H2,1-3H3/b5-4+. The Morgan fingerprint density at radius 3 is 2.25 bits per heavy atom. The molecule has 0 heterocycles. The topological polar surface area (TPSA) is 0 Å². The van der Waals surface area contributed by atoms with E-state index >= 15 is 0 Å². The molecule has 0 aliphatic carbocycles. The monoisotopic (exact) mass is 186 g/mol. The van der Waals surface area contributed by atoms with Crippen molar-refractivity contribution < 1.29 is 0 Å². The number of hydrogen-bond donors (Lipinski definition) is 0. The molecule has 0 aliphatic heterocycles. The largest absolute Gasteiger partial charge is 0.113 e. The summed E-state index contributed by atoms with van der Waals surface area (Å²) in [5, 5.41) is 0. The van der Waals surface area contributed by atoms with Crippen molar-refractivity contribution in [2.45, 2.75) is 39.0 Å². The average molecular weight is 186 g/mol. The van der Waals surface area contributed by atoms with Crippen LogP contribution >= 0.6 is 7.92 Å². The summed E-state index contributed by atoms with van der Waals surface area (Å²) in [5.74, 6) is 0. The Hall–Kier alpha value is 0.170. The first-order valence-electron chi connectivity index (χ1n) is 5.03. The van der Waals surface area contributed by atoms with Crippen molar-refractivity contribution in [3.63, 3.8) is 0 Å². The molecular weight excluding hydrogens is 163 g/mol. The minimum Gasteiger partial charge on any atom is -0.113 e. The first-order valence-corrected chi connectivity index (χ1v) is 7.45. The highest BCUT2D eigenvalue weighted by molar-refractivity contribution is 7.55. The van der Waals surface area contributed by atoms with Crippen LogP contribution in [0.2, 0.25) is 0 Å². The van der Waals surface area contributed by atoms with E-state index in [1.54, 1.807) is 0 Å². The zero-order valence-electron chi connectivity index (χ0n) is 8.84. The van der Waals surface area contributed by atoms with Gasteiger partial charge in [-0.05, 0) is 45.7 Å². The molecule has 0 atom stereocenters. The average Bonchev–Trinajstić information content (AvgIpc) is 2.02. The van der Waals surface area contributed by atoms with E-state index in [0.717, 1.165) is 0 Å². The summed E-state index contributed by atoms with van der Waals surface area (Å²) >= 11 is 0. The summed E-state index contributed by atoms with van der Waals surface area (Å²) in [7, 11) is 0.358. The summed E-state index contributed by atoms with van der Waals surface area (Å²) in [4.78, 5) is 0. The van der Waals surface area contributed by atoms with Gasteiger partial charge in [-0.15, -0.1) is 7.92 Å². The lowest BCUT2D eigenvalue weighted by Gasteiger charge is -2.03. The molecule has 0 aromatic heterocycles. The fourth-order valence-corrected chi connectivity index (χ4v) is 2.07. The van der Waals surface area contributed by atoms with Crippen molar-refractivity contribution in [1.29, 1.82) is 0 Å². The molecule has 0 saturated heterocycles. The molecule has 0 saturated carbocycles. The third kappa shape index (κ3) is 10.2. The zero-order valence-corrected chi connectivity index (χ0v) is 9.74. The van der Waals surface area contributed by atoms with Crippen LogP contribution in [0.1, 0.15) is 39.0 Å². The Kier molecular flexibility index (Phi) is 9.39. The van der Waals surface area contributed by atoms with Crippen LogP contribution in [0, 0.1) is 0 Å². The summed E-state index contributed by atoms with van der Waals surface area (Å²) in [6.45, 7) is 6.84. The predicted molar refractivity (Wildman–Crippen MR) is 61.5 cm³/mol. The zero-order chi connectivity index (χ0) is 9.23. The van der Waals surface area contributed by atoms with Crippen molar-refractivity contribution >= 4 is 7.92 Å². The fraction of sp³-hybridized carbons (Fsp3) is 0.818. The quantitative estimate of drug-likeness (QED) is 0.316. The molecule has 0 radical (unpaired) electrons. The highest BCUT2D eigenvalue weighted by atomic mass is 31.1. The van der Waals surface area contributed by atoms with Crippen LogP contribution in [-0.4, -0.2) is 19.5 Å². The van der Waals surface area contributed by atoms with E-state index in [1.165, 1.54) is 38.3 Å². The molecule has 0 N–H and O–H groups in total. The Morgan fingerprint density at radius 2 is 1.67 bits per heavy atom. The molecule has 0 spiro atoms. The molecule has 0 amide bonds. The number of rotatable bonds is 7. The molecule has 0 unspecified atom stereocenters. The van der Waals surface area contributed by atoms with E-state index in [2.05, 4.69) is 32.4 Å². The van der Waals surface area contributed by atoms with E-state index in [1.807, 2.05) is 0 Å². The number of unbranched alkanes of at least 4 members (excludes halogenated alkanes) is 4. The minimum absolute atomic E-state index is 0.358. The third-order valence-corrected chi connectivity index (χ3v) is 3.17. The molecule has 72 valence electrons. The molecule has 0 bridgehead atoms. The van der Waals surface area contributed by atoms with Gasteiger partial charge < -0.3 is 0 Å². The lowest BCUT2D eigenvalue weighted by atomic mass is 10.1. The van der Waals surface area contributed by atoms with E-state index in [4.69, 9.17) is 0 Å². The predicted octanol–water partition coefficient (Wildman–Crippen LogP) is 4.25. The van der Waals surface area contributed by atoms with Gasteiger partial charge in [0, 0.05) is 0 Å². The van der Waals surface area contributed by atoms with Crippen molar-refractivity contribution in [1.82, 2.24) is 0 Å². The van der Waals surface area contributed by atoms with Gasteiger partial charge in [0.2, 0.25) is 0 Å². The van der Waals surface area contributed by atoms with Gasteiger partial charge in [0.05, 0.1) is 0 Å². The SMILES string of the molecule is C/C=C/CCCCCCP(C)C. The molecule has 0 aliphatic rings. The van der Waals surface area contributed by atoms with E-state index < -0.39 is 0 Å². The fourth-order valence-electron chi connectivity index (χ4n) is 1.21. The summed E-state index contributed by atoms with van der Waals surface area (Å²) in [6, 6.07) is 0. The molecule has 12 heavy (non-hydrogen) atoms. The lowest BCUT2D eigenvalue weighted by Crippen LogP contribution is -1.83. The van der Waals surface area contributed by atoms with E-state index in [9.17, 15) is 0 Å². The molecule has 0 aromatic carbocycles. The molecule has 0 rings (SSSR count). The Labute approximate surface area is 79.2 Å². The van der Waals surface area contributed by atoms with Crippen LogP contribution in [-0.2, 0) is 0 Å². The maximum atomic E-state index is 2.37. The normalized spacial score (nSPS) is 11.7. The van der Waals surface area contributed by atoms with Crippen LogP contribution in [0.5, 0.6) is 0 Å². The first kappa shape index (κ1) is 12.2. The van der Waals surface area contributed by atoms with Gasteiger partial charge >= 0.3 is 0 Å². The van der Waals surface area contributed by atoms with Crippen LogP contribution < -0.4 is 0 Å². The van der Waals surface area contributed by atoms with Gasteiger partial charge in [-0.3, -0.25) is 0 Å². The maximum absolute atomic E-state index is 2.37. The molecule has 1 heteroatoms. The lowest BCUT2D eigenvalue weighted by molar-refractivity contribution is 0.677. The van der Waals surface area contributed by atoms with E-state index in [0.29, 0.717) is 7.92 Å². The van der Waals surface area contributed by atoms with Crippen LogP contribution in [0.25, 0.3) is 0 Å². The van der Waals surface area contributed by atoms with Crippen LogP contribution in [0.15, 0.2) is 12.2 Å². The second-order valence-corrected chi connectivity index (χ2v) is 6.18. The van der Waals surface area contributed by atoms with Crippen molar-refractivity contribution in [2.75, 3.05) is 19.5 Å². The van der Waals surface area contributed by atoms with Gasteiger partial charge in [0.15, 0.2) is 0 Å². The van der Waals surface area contributed by atoms with Gasteiger partial charge in [0.25, 0.3) is 0 Å². The molecular formula is C11H23P. The Morgan fingerprint density at radius 1 is 1.00 bits per heavy atom. The van der Waals surface area contributed by atoms with Crippen molar-refractivity contribution in [3.05, 3.63) is 12.2 Å². The van der Waals surface area contributed by atoms with Crippen LogP contribution in [0.3, 0.4) is 0 Å². The second kappa shape index (κ2) is 9.26. The Bertz CT molecular complexity index is 106. The van der Waals surface area contributed by atoms with Crippen molar-refractivity contribution in [3.8, 4) is 0 Å². The maximum Gasteiger partial charge on any atom is -0.0331 e. The molecule has 0 aromatic rings. The minimum atomic E-state index is 0.358. The highest BCUT2D eigenvalue weighted by Crippen LogP contribution is 2.26. The van der Waals surface area contributed by atoms with Gasteiger partial charge in [-0.2, -0.15) is 0 Å². The van der Waals surface area contributed by atoms with Gasteiger partial charge in [0.1, 0.15) is 0 Å². The molecule has 0 fully saturated rings. The van der Waals surface area contributed by atoms with Crippen molar-refractivity contribution in [2.24, 2.45) is 0 Å². The van der Waals surface area contributed by atoms with Gasteiger partial charge in [-0.25, -0.2) is 0 Å². The Balaban J connectivity index is 2.91. The third-order valence-electron chi connectivity index (χ3n) is 1.96. The first-order chi connectivity index (χ1) is 5.77. The number of hydrogen-bond acceptors (Lipinski definition) is 0. The van der Waals surface area contributed by atoms with Crippen LogP contribution in [0.4, 0.5) is 0 Å². The van der Waals surface area contributed by atoms with E-state index in [-0.39, 0.29) is 0 Å². The number of allylic oxidation sites excluding steroid dienone is 2. The summed E-state index contributed by atoms with van der Waals surface area (Å²) < 4.78 is 0. The smallest absolute Gasteiger partial charge is 0.0331 e. The summed E-state index contributed by atoms with van der Waals surface area (Å²) in [6.07, 6.45) is 12.9. The van der Waals surface area contributed by atoms with Gasteiger partial charge in [-0.1, -0.05) is 25.0 Å². The molecule has 0 nitrogen and oxygen atoms in total. The highest BCUT2D eigenvalue weighted by Gasteiger charge is 1.92. The summed E-state index contributed by atoms with van der Waals surface area (Å²) in [5.41, 5.74) is 0.